The number of nitrogens with one attached hydrogen (secondary N) is 1. The third-order valence-corrected chi connectivity index (χ3v) is 3.07. The highest BCUT2D eigenvalue weighted by molar-refractivity contribution is 7.09. The molecule has 1 heterocycles. The lowest BCUT2D eigenvalue weighted by molar-refractivity contribution is 0.0828. The Labute approximate surface area is 88.5 Å². The predicted molar refractivity (Wildman–Crippen MR) is 58.1 cm³/mol. The van der Waals surface area contributed by atoms with Gasteiger partial charge >= 0.3 is 0 Å². The molecule has 0 aliphatic rings. The van der Waals surface area contributed by atoms with Gasteiger partial charge in [-0.15, -0.1) is 11.3 Å². The maximum absolute atomic E-state index is 5.45. The molecule has 0 bridgehead atoms. The molecule has 0 saturated heterocycles. The Morgan fingerprint density at radius 2 is 2.43 bits per heavy atom. The lowest BCUT2D eigenvalue weighted by atomic mass is 10.1. The summed E-state index contributed by atoms with van der Waals surface area (Å²) < 4.78 is 5.22. The van der Waals surface area contributed by atoms with Crippen molar-refractivity contribution in [3.63, 3.8) is 0 Å². The van der Waals surface area contributed by atoms with Gasteiger partial charge in [-0.25, -0.2) is 4.98 Å². The maximum Gasteiger partial charge on any atom is 0.0897 e. The predicted octanol–water partition coefficient (Wildman–Crippen LogP) is 0.861. The summed E-state index contributed by atoms with van der Waals surface area (Å²) in [5.74, 6) is 5.45. The average molecular weight is 215 g/mol. The minimum absolute atomic E-state index is 0.0852. The SMILES string of the molecule is COC(C)C(Cc1csc(C)n1)NN. The summed E-state index contributed by atoms with van der Waals surface area (Å²) in [5, 5.41) is 3.14. The molecule has 2 unspecified atom stereocenters. The Hall–Kier alpha value is -0.490. The highest BCUT2D eigenvalue weighted by Crippen LogP contribution is 2.11. The number of nitrogens with zero attached hydrogens (tertiary/aromatic N) is 1. The number of methoxy groups -OCH3 is 1. The fraction of sp³-hybridized carbons (Fsp3) is 0.667. The Morgan fingerprint density at radius 1 is 1.71 bits per heavy atom. The molecule has 5 heteroatoms. The van der Waals surface area contributed by atoms with Crippen molar-refractivity contribution < 1.29 is 4.74 Å². The maximum atomic E-state index is 5.45. The number of aryl methyl sites for hydroxylation is 1. The summed E-state index contributed by atoms with van der Waals surface area (Å²) in [7, 11) is 1.68. The van der Waals surface area contributed by atoms with E-state index in [9.17, 15) is 0 Å². The smallest absolute Gasteiger partial charge is 0.0897 e. The van der Waals surface area contributed by atoms with E-state index in [1.54, 1.807) is 18.4 Å². The normalized spacial score (nSPS) is 15.4. The van der Waals surface area contributed by atoms with E-state index in [4.69, 9.17) is 10.6 Å². The second-order valence-corrected chi connectivity index (χ2v) is 4.34. The second-order valence-electron chi connectivity index (χ2n) is 3.28. The van der Waals surface area contributed by atoms with Gasteiger partial charge in [-0.05, 0) is 13.8 Å². The summed E-state index contributed by atoms with van der Waals surface area (Å²) >= 11 is 1.66. The molecule has 1 rings (SSSR count). The van der Waals surface area contributed by atoms with E-state index >= 15 is 0 Å². The summed E-state index contributed by atoms with van der Waals surface area (Å²) in [5.41, 5.74) is 3.82. The molecular weight excluding hydrogens is 198 g/mol. The zero-order valence-corrected chi connectivity index (χ0v) is 9.60. The van der Waals surface area contributed by atoms with Crippen molar-refractivity contribution in [2.45, 2.75) is 32.4 Å². The molecule has 1 aromatic heterocycles. The van der Waals surface area contributed by atoms with Gasteiger partial charge in [-0.3, -0.25) is 11.3 Å². The number of thiazole rings is 1. The van der Waals surface area contributed by atoms with Gasteiger partial charge in [-0.1, -0.05) is 0 Å². The van der Waals surface area contributed by atoms with Crippen LogP contribution in [0.5, 0.6) is 0 Å². The Morgan fingerprint density at radius 3 is 2.86 bits per heavy atom. The fourth-order valence-corrected chi connectivity index (χ4v) is 1.88. The van der Waals surface area contributed by atoms with E-state index in [0.29, 0.717) is 0 Å². The lowest BCUT2D eigenvalue weighted by Gasteiger charge is -2.20. The molecule has 4 nitrogen and oxygen atoms in total. The second kappa shape index (κ2) is 5.41. The zero-order valence-electron chi connectivity index (χ0n) is 8.78. The third-order valence-electron chi connectivity index (χ3n) is 2.25. The Bertz CT molecular complexity index is 277. The van der Waals surface area contributed by atoms with Crippen LogP contribution in [0.3, 0.4) is 0 Å². The van der Waals surface area contributed by atoms with Crippen LogP contribution in [0.15, 0.2) is 5.38 Å². The number of rotatable bonds is 5. The number of hydrogen-bond donors (Lipinski definition) is 2. The highest BCUT2D eigenvalue weighted by Gasteiger charge is 2.16. The van der Waals surface area contributed by atoms with Crippen molar-refractivity contribution in [3.8, 4) is 0 Å². The van der Waals surface area contributed by atoms with Crippen molar-refractivity contribution in [2.75, 3.05) is 7.11 Å². The first-order valence-corrected chi connectivity index (χ1v) is 5.45. The van der Waals surface area contributed by atoms with Crippen molar-refractivity contribution in [1.82, 2.24) is 10.4 Å². The summed E-state index contributed by atoms with van der Waals surface area (Å²) in [6.07, 6.45) is 0.887. The standard InChI is InChI=1S/C9H17N3OS/c1-6(13-3)9(12-10)4-8-5-14-7(2)11-8/h5-6,9,12H,4,10H2,1-3H3. The topological polar surface area (TPSA) is 60.2 Å². The van der Waals surface area contributed by atoms with E-state index < -0.39 is 0 Å². The summed E-state index contributed by atoms with van der Waals surface area (Å²) in [6.45, 7) is 3.99. The highest BCUT2D eigenvalue weighted by atomic mass is 32.1. The van der Waals surface area contributed by atoms with Gasteiger partial charge in [0.2, 0.25) is 0 Å². The number of aromatic nitrogens is 1. The Kier molecular flexibility index (Phi) is 4.47. The molecular formula is C9H17N3OS. The van der Waals surface area contributed by atoms with Crippen molar-refractivity contribution in [3.05, 3.63) is 16.1 Å². The van der Waals surface area contributed by atoms with E-state index in [2.05, 4.69) is 15.8 Å². The number of ether oxygens (including phenoxy) is 1. The van der Waals surface area contributed by atoms with Gasteiger partial charge in [0.05, 0.1) is 22.8 Å². The lowest BCUT2D eigenvalue weighted by Crippen LogP contribution is -2.45. The van der Waals surface area contributed by atoms with Crippen LogP contribution >= 0.6 is 11.3 Å². The quantitative estimate of drug-likeness (QED) is 0.565. The number of hydrogen-bond acceptors (Lipinski definition) is 5. The molecule has 0 spiro atoms. The molecule has 0 radical (unpaired) electrons. The van der Waals surface area contributed by atoms with E-state index in [1.165, 1.54) is 0 Å². The van der Waals surface area contributed by atoms with Gasteiger partial charge in [0, 0.05) is 18.9 Å². The van der Waals surface area contributed by atoms with E-state index in [0.717, 1.165) is 17.1 Å². The van der Waals surface area contributed by atoms with Crippen LogP contribution in [0.25, 0.3) is 0 Å². The molecule has 3 N–H and O–H groups in total. The molecule has 0 fully saturated rings. The van der Waals surface area contributed by atoms with E-state index in [-0.39, 0.29) is 12.1 Å². The molecule has 14 heavy (non-hydrogen) atoms. The average Bonchev–Trinajstić information content (AvgIpc) is 2.59. The van der Waals surface area contributed by atoms with Gasteiger partial charge < -0.3 is 4.74 Å². The summed E-state index contributed by atoms with van der Waals surface area (Å²) in [6, 6.07) is 0.112. The molecule has 0 aliphatic carbocycles. The first kappa shape index (κ1) is 11.6. The van der Waals surface area contributed by atoms with Gasteiger partial charge in [0.1, 0.15) is 0 Å². The van der Waals surface area contributed by atoms with Crippen LogP contribution in [0, 0.1) is 6.92 Å². The van der Waals surface area contributed by atoms with Crippen LogP contribution in [-0.2, 0) is 11.2 Å². The summed E-state index contributed by atoms with van der Waals surface area (Å²) in [4.78, 5) is 4.38. The van der Waals surface area contributed by atoms with Crippen molar-refractivity contribution >= 4 is 11.3 Å². The minimum atomic E-state index is 0.0852. The van der Waals surface area contributed by atoms with Crippen LogP contribution in [0.2, 0.25) is 0 Å². The minimum Gasteiger partial charge on any atom is -0.380 e. The van der Waals surface area contributed by atoms with Crippen LogP contribution < -0.4 is 11.3 Å². The van der Waals surface area contributed by atoms with Crippen molar-refractivity contribution in [1.29, 1.82) is 0 Å². The monoisotopic (exact) mass is 215 g/mol. The molecule has 80 valence electrons. The van der Waals surface area contributed by atoms with Crippen LogP contribution in [-0.4, -0.2) is 24.2 Å². The number of nitrogens with two attached hydrogens (primary N) is 1. The molecule has 0 aromatic carbocycles. The fourth-order valence-electron chi connectivity index (χ4n) is 1.25. The zero-order chi connectivity index (χ0) is 10.6. The Balaban J connectivity index is 2.56. The van der Waals surface area contributed by atoms with E-state index in [1.807, 2.05) is 13.8 Å². The molecule has 1 aromatic rings. The van der Waals surface area contributed by atoms with Crippen LogP contribution in [0.4, 0.5) is 0 Å². The number of hydrazine groups is 1. The molecule has 0 saturated carbocycles. The first-order valence-electron chi connectivity index (χ1n) is 4.57. The first-order chi connectivity index (χ1) is 6.67. The largest absolute Gasteiger partial charge is 0.380 e. The van der Waals surface area contributed by atoms with Crippen LogP contribution in [0.1, 0.15) is 17.6 Å². The molecule has 2 atom stereocenters. The third kappa shape index (κ3) is 3.02. The van der Waals surface area contributed by atoms with Gasteiger partial charge in [0.25, 0.3) is 0 Å². The van der Waals surface area contributed by atoms with Gasteiger partial charge in [-0.2, -0.15) is 0 Å². The molecule has 0 amide bonds. The molecule has 0 aliphatic heterocycles. The van der Waals surface area contributed by atoms with Gasteiger partial charge in [0.15, 0.2) is 0 Å². The van der Waals surface area contributed by atoms with Crippen molar-refractivity contribution in [2.24, 2.45) is 5.84 Å².